The summed E-state index contributed by atoms with van der Waals surface area (Å²) in [6.45, 7) is 4.55. The van der Waals surface area contributed by atoms with E-state index in [4.69, 9.17) is 0 Å². The zero-order valence-electron chi connectivity index (χ0n) is 10.6. The number of piperazine rings is 1. The van der Waals surface area contributed by atoms with Crippen LogP contribution in [-0.2, 0) is 9.59 Å². The average molecular weight is 260 g/mol. The third-order valence-electron chi connectivity index (χ3n) is 3.43. The van der Waals surface area contributed by atoms with Crippen LogP contribution in [0.5, 0.6) is 0 Å². The maximum Gasteiger partial charge on any atom is 0.260 e. The van der Waals surface area contributed by atoms with Crippen LogP contribution in [0.1, 0.15) is 26.7 Å². The minimum absolute atomic E-state index is 0.229. The van der Waals surface area contributed by atoms with Crippen molar-refractivity contribution in [3.05, 3.63) is 0 Å². The van der Waals surface area contributed by atoms with Gasteiger partial charge >= 0.3 is 0 Å². The second kappa shape index (κ2) is 4.48. The fourth-order valence-corrected chi connectivity index (χ4v) is 2.34. The third kappa shape index (κ3) is 2.47. The van der Waals surface area contributed by atoms with E-state index in [0.717, 1.165) is 0 Å². The molecule has 2 atom stereocenters. The summed E-state index contributed by atoms with van der Waals surface area (Å²) in [6.07, 6.45) is 0.133. The molecule has 0 radical (unpaired) electrons. The lowest BCUT2D eigenvalue weighted by Crippen LogP contribution is -2.58. The predicted octanol–water partition coefficient (Wildman–Crippen LogP) is 1.01. The summed E-state index contributed by atoms with van der Waals surface area (Å²) in [5.74, 6) is -4.65. The molecule has 2 fully saturated rings. The molecular weight excluding hydrogens is 242 g/mol. The largest absolute Gasteiger partial charge is 0.353 e. The van der Waals surface area contributed by atoms with Crippen LogP contribution in [0, 0.1) is 11.8 Å². The Hall–Kier alpha value is -1.20. The van der Waals surface area contributed by atoms with E-state index >= 15 is 0 Å². The van der Waals surface area contributed by atoms with Crippen molar-refractivity contribution in [2.45, 2.75) is 38.7 Å². The number of nitrogens with zero attached hydrogens (tertiary/aromatic N) is 1. The maximum absolute atomic E-state index is 12.9. The van der Waals surface area contributed by atoms with Crippen molar-refractivity contribution in [1.82, 2.24) is 10.2 Å². The smallest absolute Gasteiger partial charge is 0.260 e. The van der Waals surface area contributed by atoms with Gasteiger partial charge in [0.2, 0.25) is 11.8 Å². The summed E-state index contributed by atoms with van der Waals surface area (Å²) < 4.78 is 25.9. The van der Waals surface area contributed by atoms with Crippen LogP contribution in [0.3, 0.4) is 0 Å². The Balaban J connectivity index is 2.08. The minimum atomic E-state index is -2.87. The van der Waals surface area contributed by atoms with Crippen molar-refractivity contribution in [1.29, 1.82) is 0 Å². The van der Waals surface area contributed by atoms with Crippen molar-refractivity contribution in [3.63, 3.8) is 0 Å². The quantitative estimate of drug-likeness (QED) is 0.823. The first kappa shape index (κ1) is 13.2. The van der Waals surface area contributed by atoms with E-state index in [1.165, 1.54) is 4.90 Å². The van der Waals surface area contributed by atoms with Crippen LogP contribution in [-0.4, -0.2) is 41.8 Å². The van der Waals surface area contributed by atoms with E-state index in [2.05, 4.69) is 5.32 Å². The minimum Gasteiger partial charge on any atom is -0.353 e. The van der Waals surface area contributed by atoms with Crippen molar-refractivity contribution in [3.8, 4) is 0 Å². The van der Waals surface area contributed by atoms with Gasteiger partial charge in [-0.25, -0.2) is 8.78 Å². The number of amides is 2. The molecule has 0 aromatic rings. The first-order valence-corrected chi connectivity index (χ1v) is 6.29. The molecule has 4 nitrogen and oxygen atoms in total. The Morgan fingerprint density at radius 3 is 2.67 bits per heavy atom. The van der Waals surface area contributed by atoms with Crippen molar-refractivity contribution >= 4 is 11.8 Å². The molecule has 0 aromatic heterocycles. The zero-order valence-corrected chi connectivity index (χ0v) is 10.6. The number of alkyl halides is 2. The summed E-state index contributed by atoms with van der Waals surface area (Å²) in [5.41, 5.74) is 0. The molecule has 0 spiro atoms. The summed E-state index contributed by atoms with van der Waals surface area (Å²) in [4.78, 5) is 25.1. The molecule has 1 N–H and O–H groups in total. The molecule has 2 rings (SSSR count). The van der Waals surface area contributed by atoms with Crippen LogP contribution in [0.15, 0.2) is 0 Å². The Labute approximate surface area is 105 Å². The van der Waals surface area contributed by atoms with Gasteiger partial charge in [-0.3, -0.25) is 9.59 Å². The van der Waals surface area contributed by atoms with Gasteiger partial charge in [-0.2, -0.15) is 0 Å². The molecule has 0 bridgehead atoms. The Kier molecular flexibility index (Phi) is 3.29. The fraction of sp³-hybridized carbons (Fsp3) is 0.833. The highest BCUT2D eigenvalue weighted by molar-refractivity contribution is 5.91. The summed E-state index contributed by atoms with van der Waals surface area (Å²) in [7, 11) is 0. The molecular formula is C12H18F2N2O2. The highest BCUT2D eigenvalue weighted by Gasteiger charge is 2.63. The van der Waals surface area contributed by atoms with E-state index in [0.29, 0.717) is 19.5 Å². The van der Waals surface area contributed by atoms with E-state index < -0.39 is 23.8 Å². The number of halogens is 2. The Morgan fingerprint density at radius 1 is 1.56 bits per heavy atom. The van der Waals surface area contributed by atoms with E-state index in [1.807, 2.05) is 13.8 Å². The molecule has 18 heavy (non-hydrogen) atoms. The molecule has 1 heterocycles. The van der Waals surface area contributed by atoms with Crippen molar-refractivity contribution in [2.24, 2.45) is 11.8 Å². The van der Waals surface area contributed by atoms with Crippen LogP contribution in [0.25, 0.3) is 0 Å². The van der Waals surface area contributed by atoms with Crippen LogP contribution in [0.2, 0.25) is 0 Å². The molecule has 2 amide bonds. The summed E-state index contributed by atoms with van der Waals surface area (Å²) in [5, 5.41) is 2.68. The van der Waals surface area contributed by atoms with Gasteiger partial charge in [0.1, 0.15) is 12.0 Å². The fourth-order valence-electron chi connectivity index (χ4n) is 2.34. The molecule has 1 aliphatic carbocycles. The van der Waals surface area contributed by atoms with E-state index in [9.17, 15) is 18.4 Å². The van der Waals surface area contributed by atoms with Crippen LogP contribution in [0.4, 0.5) is 8.78 Å². The predicted molar refractivity (Wildman–Crippen MR) is 61.0 cm³/mol. The molecule has 2 aliphatic rings. The van der Waals surface area contributed by atoms with E-state index in [-0.39, 0.29) is 18.2 Å². The molecule has 0 aromatic carbocycles. The first-order chi connectivity index (χ1) is 8.33. The number of nitrogens with one attached hydrogen (secondary N) is 1. The Morgan fingerprint density at radius 2 is 2.17 bits per heavy atom. The monoisotopic (exact) mass is 260 g/mol. The molecule has 1 saturated carbocycles. The SMILES string of the molecule is CC(C)C[C@@H]1C(=O)NCCN1C(=O)[C@@H]1CC1(F)F. The molecule has 1 saturated heterocycles. The number of hydrogen-bond acceptors (Lipinski definition) is 2. The summed E-state index contributed by atoms with van der Waals surface area (Å²) >= 11 is 0. The summed E-state index contributed by atoms with van der Waals surface area (Å²) in [6, 6.07) is -0.595. The van der Waals surface area contributed by atoms with Crippen LogP contribution >= 0.6 is 0 Å². The molecule has 6 heteroatoms. The van der Waals surface area contributed by atoms with Gasteiger partial charge in [0.25, 0.3) is 5.92 Å². The highest BCUT2D eigenvalue weighted by Crippen LogP contribution is 2.49. The van der Waals surface area contributed by atoms with Gasteiger partial charge in [0, 0.05) is 19.5 Å². The number of carbonyl (C=O) groups excluding carboxylic acids is 2. The molecule has 1 aliphatic heterocycles. The number of hydrogen-bond donors (Lipinski definition) is 1. The highest BCUT2D eigenvalue weighted by atomic mass is 19.3. The van der Waals surface area contributed by atoms with Gasteiger partial charge in [0.15, 0.2) is 0 Å². The topological polar surface area (TPSA) is 49.4 Å². The van der Waals surface area contributed by atoms with Gasteiger partial charge in [-0.15, -0.1) is 0 Å². The van der Waals surface area contributed by atoms with Crippen molar-refractivity contribution < 1.29 is 18.4 Å². The second-order valence-corrected chi connectivity index (χ2v) is 5.49. The average Bonchev–Trinajstić information content (AvgIpc) is 2.89. The van der Waals surface area contributed by atoms with Gasteiger partial charge in [-0.05, 0) is 12.3 Å². The molecule has 0 unspecified atom stereocenters. The lowest BCUT2D eigenvalue weighted by Gasteiger charge is -2.36. The van der Waals surface area contributed by atoms with Crippen molar-refractivity contribution in [2.75, 3.05) is 13.1 Å². The van der Waals surface area contributed by atoms with Gasteiger partial charge in [-0.1, -0.05) is 13.8 Å². The normalized spacial score (nSPS) is 30.3. The van der Waals surface area contributed by atoms with Gasteiger partial charge in [0.05, 0.1) is 0 Å². The maximum atomic E-state index is 12.9. The lowest BCUT2D eigenvalue weighted by molar-refractivity contribution is -0.146. The second-order valence-electron chi connectivity index (χ2n) is 5.49. The standard InChI is InChI=1S/C12H18F2N2O2/c1-7(2)5-9-10(17)15-3-4-16(9)11(18)8-6-12(8,13)14/h7-9H,3-6H2,1-2H3,(H,15,17)/t8-,9+/m0/s1. The first-order valence-electron chi connectivity index (χ1n) is 6.29. The Bertz CT molecular complexity index is 371. The van der Waals surface area contributed by atoms with Gasteiger partial charge < -0.3 is 10.2 Å². The number of carbonyl (C=O) groups is 2. The van der Waals surface area contributed by atoms with E-state index in [1.54, 1.807) is 0 Å². The molecule has 102 valence electrons. The zero-order chi connectivity index (χ0) is 13.5. The number of rotatable bonds is 3. The van der Waals surface area contributed by atoms with Crippen LogP contribution < -0.4 is 5.32 Å². The lowest BCUT2D eigenvalue weighted by atomic mass is 9.99. The third-order valence-corrected chi connectivity index (χ3v) is 3.43.